The molecule has 6 nitrogen and oxygen atoms in total. The molecule has 2 aromatic rings. The summed E-state index contributed by atoms with van der Waals surface area (Å²) in [4.78, 5) is 21.0. The molecule has 0 saturated carbocycles. The highest BCUT2D eigenvalue weighted by Gasteiger charge is 2.36. The van der Waals surface area contributed by atoms with Crippen molar-refractivity contribution in [3.63, 3.8) is 0 Å². The van der Waals surface area contributed by atoms with E-state index in [2.05, 4.69) is 15.1 Å². The lowest BCUT2D eigenvalue weighted by atomic mass is 10.1. The van der Waals surface area contributed by atoms with Gasteiger partial charge in [-0.3, -0.25) is 4.79 Å². The summed E-state index contributed by atoms with van der Waals surface area (Å²) in [5, 5.41) is 3.49. The Balaban J connectivity index is 2.36. The van der Waals surface area contributed by atoms with E-state index in [9.17, 15) is 18.0 Å². The van der Waals surface area contributed by atoms with Crippen LogP contribution in [0.15, 0.2) is 0 Å². The Labute approximate surface area is 131 Å². The van der Waals surface area contributed by atoms with Crippen LogP contribution >= 0.6 is 0 Å². The smallest absolute Gasteiger partial charge is 0.346 e. The van der Waals surface area contributed by atoms with Crippen molar-refractivity contribution in [3.05, 3.63) is 22.8 Å². The van der Waals surface area contributed by atoms with Crippen LogP contribution in [-0.2, 0) is 17.4 Å². The van der Waals surface area contributed by atoms with Crippen molar-refractivity contribution in [1.29, 1.82) is 0 Å². The number of carbonyl (C=O) groups is 1. The molecule has 0 spiro atoms. The molecule has 1 amide bonds. The molecule has 0 aliphatic heterocycles. The van der Waals surface area contributed by atoms with Crippen LogP contribution in [0, 0.1) is 13.8 Å². The number of amides is 1. The fourth-order valence-corrected chi connectivity index (χ4v) is 2.29. The number of hydrogen-bond donors (Lipinski definition) is 0. The first-order chi connectivity index (χ1) is 10.6. The van der Waals surface area contributed by atoms with E-state index < -0.39 is 12.0 Å². The molecule has 0 aliphatic carbocycles. The standard InChI is InChI=1S/C14H18F3N5O/c1-5-21(4)11(23)7-6-10-8(2)18-13-19-12(14(15,16)17)20-22(13)9(10)3/h5-7H2,1-4H3. The van der Waals surface area contributed by atoms with E-state index in [1.54, 1.807) is 25.8 Å². The van der Waals surface area contributed by atoms with Crippen LogP contribution in [0.25, 0.3) is 5.78 Å². The van der Waals surface area contributed by atoms with E-state index in [-0.39, 0.29) is 18.1 Å². The minimum absolute atomic E-state index is 0.0269. The van der Waals surface area contributed by atoms with Crippen LogP contribution in [0.5, 0.6) is 0 Å². The molecule has 0 unspecified atom stereocenters. The van der Waals surface area contributed by atoms with Gasteiger partial charge in [-0.05, 0) is 32.8 Å². The summed E-state index contributed by atoms with van der Waals surface area (Å²) in [6.45, 7) is 5.82. The van der Waals surface area contributed by atoms with Gasteiger partial charge >= 0.3 is 6.18 Å². The zero-order valence-corrected chi connectivity index (χ0v) is 13.4. The molecule has 2 heterocycles. The normalized spacial score (nSPS) is 12.0. The van der Waals surface area contributed by atoms with Crippen LogP contribution in [0.2, 0.25) is 0 Å². The third-order valence-electron chi connectivity index (χ3n) is 3.79. The monoisotopic (exact) mass is 329 g/mol. The Bertz CT molecular complexity index is 738. The number of rotatable bonds is 4. The van der Waals surface area contributed by atoms with Gasteiger partial charge in [-0.25, -0.2) is 9.50 Å². The number of hydrogen-bond acceptors (Lipinski definition) is 4. The lowest BCUT2D eigenvalue weighted by Crippen LogP contribution is -2.26. The molecule has 0 aromatic carbocycles. The molecule has 0 atom stereocenters. The number of aromatic nitrogens is 4. The van der Waals surface area contributed by atoms with Gasteiger partial charge in [0.05, 0.1) is 0 Å². The van der Waals surface area contributed by atoms with Crippen molar-refractivity contribution in [2.24, 2.45) is 0 Å². The van der Waals surface area contributed by atoms with Crippen molar-refractivity contribution in [3.8, 4) is 0 Å². The van der Waals surface area contributed by atoms with Gasteiger partial charge in [0.1, 0.15) is 0 Å². The Hall–Kier alpha value is -2.19. The molecule has 126 valence electrons. The van der Waals surface area contributed by atoms with E-state index in [0.29, 0.717) is 29.9 Å². The topological polar surface area (TPSA) is 63.4 Å². The summed E-state index contributed by atoms with van der Waals surface area (Å²) < 4.78 is 39.3. The summed E-state index contributed by atoms with van der Waals surface area (Å²) in [7, 11) is 1.70. The van der Waals surface area contributed by atoms with E-state index in [0.717, 1.165) is 4.52 Å². The van der Waals surface area contributed by atoms with Crippen LogP contribution in [0.3, 0.4) is 0 Å². The lowest BCUT2D eigenvalue weighted by molar-refractivity contribution is -0.144. The number of halogens is 3. The summed E-state index contributed by atoms with van der Waals surface area (Å²) in [5.74, 6) is -1.33. The summed E-state index contributed by atoms with van der Waals surface area (Å²) in [5.41, 5.74) is 1.79. The summed E-state index contributed by atoms with van der Waals surface area (Å²) in [6.07, 6.45) is -3.96. The zero-order chi connectivity index (χ0) is 17.4. The first kappa shape index (κ1) is 17.2. The maximum atomic E-state index is 12.7. The van der Waals surface area contributed by atoms with Crippen molar-refractivity contribution in [2.75, 3.05) is 13.6 Å². The minimum atomic E-state index is -4.62. The molecule has 2 rings (SSSR count). The largest absolute Gasteiger partial charge is 0.453 e. The van der Waals surface area contributed by atoms with Crippen LogP contribution in [0.1, 0.15) is 36.1 Å². The Morgan fingerprint density at radius 2 is 1.91 bits per heavy atom. The summed E-state index contributed by atoms with van der Waals surface area (Å²) >= 11 is 0. The van der Waals surface area contributed by atoms with Gasteiger partial charge in [0.2, 0.25) is 5.91 Å². The zero-order valence-electron chi connectivity index (χ0n) is 13.4. The van der Waals surface area contributed by atoms with Gasteiger partial charge in [0, 0.05) is 31.4 Å². The van der Waals surface area contributed by atoms with Crippen LogP contribution < -0.4 is 0 Å². The Kier molecular flexibility index (Phi) is 4.58. The number of alkyl halides is 3. The van der Waals surface area contributed by atoms with Gasteiger partial charge < -0.3 is 4.90 Å². The molecule has 23 heavy (non-hydrogen) atoms. The van der Waals surface area contributed by atoms with Gasteiger partial charge in [-0.2, -0.15) is 18.2 Å². The van der Waals surface area contributed by atoms with Crippen LogP contribution in [0.4, 0.5) is 13.2 Å². The minimum Gasteiger partial charge on any atom is -0.346 e. The molecule has 0 saturated heterocycles. The lowest BCUT2D eigenvalue weighted by Gasteiger charge is -2.15. The maximum absolute atomic E-state index is 12.7. The molecule has 0 aliphatic rings. The molecule has 0 fully saturated rings. The molecule has 0 bridgehead atoms. The molecule has 2 aromatic heterocycles. The first-order valence-corrected chi connectivity index (χ1v) is 7.19. The number of aryl methyl sites for hydroxylation is 2. The highest BCUT2D eigenvalue weighted by atomic mass is 19.4. The SMILES string of the molecule is CCN(C)C(=O)CCc1c(C)nc2nc(C(F)(F)F)nn2c1C. The molecular formula is C14H18F3N5O. The third kappa shape index (κ3) is 3.43. The summed E-state index contributed by atoms with van der Waals surface area (Å²) in [6, 6.07) is 0. The van der Waals surface area contributed by atoms with E-state index in [1.165, 1.54) is 0 Å². The van der Waals surface area contributed by atoms with Crippen molar-refractivity contribution >= 4 is 11.7 Å². The highest BCUT2D eigenvalue weighted by molar-refractivity contribution is 5.76. The van der Waals surface area contributed by atoms with E-state index in [4.69, 9.17) is 0 Å². The van der Waals surface area contributed by atoms with Crippen molar-refractivity contribution in [1.82, 2.24) is 24.5 Å². The second kappa shape index (κ2) is 6.13. The number of carbonyl (C=O) groups excluding carboxylic acids is 1. The molecule has 0 N–H and O–H groups in total. The maximum Gasteiger partial charge on any atom is 0.453 e. The van der Waals surface area contributed by atoms with E-state index >= 15 is 0 Å². The number of fused-ring (bicyclic) bond motifs is 1. The average Bonchev–Trinajstić information content (AvgIpc) is 2.90. The number of nitrogens with zero attached hydrogens (tertiary/aromatic N) is 5. The van der Waals surface area contributed by atoms with Crippen molar-refractivity contribution in [2.45, 2.75) is 39.8 Å². The molecule has 0 radical (unpaired) electrons. The van der Waals surface area contributed by atoms with E-state index in [1.807, 2.05) is 6.92 Å². The molecular weight excluding hydrogens is 311 g/mol. The Morgan fingerprint density at radius 3 is 2.48 bits per heavy atom. The highest BCUT2D eigenvalue weighted by Crippen LogP contribution is 2.27. The van der Waals surface area contributed by atoms with Crippen molar-refractivity contribution < 1.29 is 18.0 Å². The van der Waals surface area contributed by atoms with Gasteiger partial charge in [-0.1, -0.05) is 0 Å². The van der Waals surface area contributed by atoms with Gasteiger partial charge in [-0.15, -0.1) is 5.10 Å². The van der Waals surface area contributed by atoms with Crippen LogP contribution in [-0.4, -0.2) is 44.0 Å². The first-order valence-electron chi connectivity index (χ1n) is 7.19. The quantitative estimate of drug-likeness (QED) is 0.862. The predicted molar refractivity (Wildman–Crippen MR) is 76.9 cm³/mol. The fraction of sp³-hybridized carbons (Fsp3) is 0.571. The second-order valence-corrected chi connectivity index (χ2v) is 5.31. The predicted octanol–water partition coefficient (Wildman–Crippen LogP) is 2.17. The fourth-order valence-electron chi connectivity index (χ4n) is 2.29. The molecule has 9 heteroatoms. The van der Waals surface area contributed by atoms with Gasteiger partial charge in [0.25, 0.3) is 11.6 Å². The van der Waals surface area contributed by atoms with Gasteiger partial charge in [0.15, 0.2) is 0 Å². The Morgan fingerprint density at radius 1 is 1.26 bits per heavy atom. The second-order valence-electron chi connectivity index (χ2n) is 5.31. The third-order valence-corrected chi connectivity index (χ3v) is 3.79. The average molecular weight is 329 g/mol.